The second-order valence-electron chi connectivity index (χ2n) is 4.89. The lowest BCUT2D eigenvalue weighted by Gasteiger charge is -2.12. The quantitative estimate of drug-likeness (QED) is 0.580. The molecule has 21 heavy (non-hydrogen) atoms. The fraction of sp³-hybridized carbons (Fsp3) is 0.278. The Labute approximate surface area is 129 Å². The molecule has 0 saturated heterocycles. The molecule has 0 bridgehead atoms. The van der Waals surface area contributed by atoms with Crippen LogP contribution in [0.2, 0.25) is 0 Å². The monoisotopic (exact) mass is 299 g/mol. The Hall–Kier alpha value is -1.66. The van der Waals surface area contributed by atoms with Crippen molar-refractivity contribution >= 4 is 31.1 Å². The molecule has 0 amide bonds. The first-order valence-corrected chi connectivity index (χ1v) is 8.28. The Balaban J connectivity index is 2.32. The topological polar surface area (TPSA) is 21.6 Å². The zero-order valence-corrected chi connectivity index (χ0v) is 13.9. The third kappa shape index (κ3) is 4.15. The van der Waals surface area contributed by atoms with Gasteiger partial charge in [0.25, 0.3) is 0 Å². The summed E-state index contributed by atoms with van der Waals surface area (Å²) in [5.41, 5.74) is 2.33. The number of hydrogen-bond acceptors (Lipinski definition) is 2. The summed E-state index contributed by atoms with van der Waals surface area (Å²) < 4.78 is 5.51. The van der Waals surface area contributed by atoms with E-state index in [0.29, 0.717) is 8.58 Å². The van der Waals surface area contributed by atoms with Gasteiger partial charge < -0.3 is 4.74 Å². The number of para-hydroxylation sites is 1. The lowest BCUT2D eigenvalue weighted by molar-refractivity contribution is 0.418. The van der Waals surface area contributed by atoms with E-state index in [1.165, 1.54) is 16.2 Å². The summed E-state index contributed by atoms with van der Waals surface area (Å²) in [5, 5.41) is 2.52. The number of nitrogens with zero attached hydrogens (tertiary/aromatic N) is 1. The number of hydrogen-bond donors (Lipinski definition) is 0. The first kappa shape index (κ1) is 15.7. The predicted octanol–water partition coefficient (Wildman–Crippen LogP) is 4.14. The van der Waals surface area contributed by atoms with Crippen LogP contribution in [0.25, 0.3) is 0 Å². The molecule has 110 valence electrons. The maximum atomic E-state index is 5.51. The highest BCUT2D eigenvalue weighted by Crippen LogP contribution is 2.25. The van der Waals surface area contributed by atoms with Gasteiger partial charge in [0.15, 0.2) is 0 Å². The summed E-state index contributed by atoms with van der Waals surface area (Å²) >= 11 is 0. The Morgan fingerprint density at radius 1 is 1.14 bits per heavy atom. The molecule has 0 heterocycles. The number of benzene rings is 2. The summed E-state index contributed by atoms with van der Waals surface area (Å²) in [7, 11) is 2.28. The molecular weight excluding hydrogens is 277 g/mol. The summed E-state index contributed by atoms with van der Waals surface area (Å²) in [5.74, 6) is 0.959. The smallest absolute Gasteiger partial charge is 0.126 e. The Kier molecular flexibility index (Phi) is 5.95. The largest absolute Gasteiger partial charge is 0.496 e. The van der Waals surface area contributed by atoms with Crippen LogP contribution < -0.4 is 15.3 Å². The van der Waals surface area contributed by atoms with Crippen LogP contribution in [0.5, 0.6) is 5.75 Å². The zero-order valence-electron chi connectivity index (χ0n) is 12.9. The van der Waals surface area contributed by atoms with E-state index in [0.717, 1.165) is 24.3 Å². The van der Waals surface area contributed by atoms with Crippen molar-refractivity contribution in [2.24, 2.45) is 4.99 Å². The molecule has 0 N–H and O–H groups in total. The van der Waals surface area contributed by atoms with Gasteiger partial charge in [-0.2, -0.15) is 0 Å². The number of unbranched alkanes of at least 4 members (excludes halogenated alkanes) is 1. The average Bonchev–Trinajstić information content (AvgIpc) is 2.51. The lowest BCUT2D eigenvalue weighted by atomic mass is 10.2. The molecule has 0 spiro atoms. The minimum Gasteiger partial charge on any atom is -0.496 e. The minimum absolute atomic E-state index is 0.553. The van der Waals surface area contributed by atoms with Gasteiger partial charge in [0.2, 0.25) is 0 Å². The van der Waals surface area contributed by atoms with Gasteiger partial charge in [-0.05, 0) is 31.0 Å². The summed E-state index contributed by atoms with van der Waals surface area (Å²) in [6, 6.07) is 14.6. The van der Waals surface area contributed by atoms with Crippen molar-refractivity contribution < 1.29 is 4.74 Å². The fourth-order valence-corrected chi connectivity index (χ4v) is 3.40. The van der Waals surface area contributed by atoms with E-state index in [1.54, 1.807) is 7.11 Å². The molecule has 1 unspecified atom stereocenters. The molecule has 0 aliphatic carbocycles. The summed E-state index contributed by atoms with van der Waals surface area (Å²) in [6.45, 7) is 4.30. The number of ether oxygens (including phenoxy) is 1. The van der Waals surface area contributed by atoms with Crippen LogP contribution in [0.15, 0.2) is 47.5 Å². The number of methoxy groups -OCH3 is 1. The lowest BCUT2D eigenvalue weighted by Crippen LogP contribution is -2.10. The van der Waals surface area contributed by atoms with Crippen molar-refractivity contribution in [1.82, 2.24) is 0 Å². The van der Waals surface area contributed by atoms with Gasteiger partial charge in [0, 0.05) is 16.8 Å². The Morgan fingerprint density at radius 3 is 2.71 bits per heavy atom. The van der Waals surface area contributed by atoms with Crippen molar-refractivity contribution in [1.29, 1.82) is 0 Å². The maximum Gasteiger partial charge on any atom is 0.126 e. The normalized spacial score (nSPS) is 11.6. The zero-order chi connectivity index (χ0) is 15.1. The van der Waals surface area contributed by atoms with Crippen molar-refractivity contribution in [3.63, 3.8) is 0 Å². The molecule has 2 aromatic carbocycles. The van der Waals surface area contributed by atoms with Gasteiger partial charge in [-0.15, -0.1) is 0 Å². The maximum absolute atomic E-state index is 5.51. The second kappa shape index (κ2) is 7.95. The second-order valence-corrected chi connectivity index (χ2v) is 6.18. The third-order valence-electron chi connectivity index (χ3n) is 3.27. The third-order valence-corrected chi connectivity index (χ3v) is 4.85. The highest BCUT2D eigenvalue weighted by Gasteiger charge is 2.09. The molecule has 2 nitrogen and oxygen atoms in total. The van der Waals surface area contributed by atoms with Gasteiger partial charge in [-0.1, -0.05) is 52.3 Å². The molecule has 2 rings (SSSR count). The molecule has 0 aliphatic rings. The summed E-state index contributed by atoms with van der Waals surface area (Å²) in [6.07, 6.45) is 4.16. The molecule has 0 fully saturated rings. The predicted molar refractivity (Wildman–Crippen MR) is 94.8 cm³/mol. The van der Waals surface area contributed by atoms with E-state index in [4.69, 9.17) is 4.74 Å². The number of aryl methyl sites for hydroxylation is 1. The van der Waals surface area contributed by atoms with Gasteiger partial charge >= 0.3 is 0 Å². The molecule has 2 aromatic rings. The first-order chi connectivity index (χ1) is 10.3. The van der Waals surface area contributed by atoms with E-state index >= 15 is 0 Å². The average molecular weight is 299 g/mol. The first-order valence-electron chi connectivity index (χ1n) is 7.28. The van der Waals surface area contributed by atoms with E-state index < -0.39 is 0 Å². The van der Waals surface area contributed by atoms with Crippen molar-refractivity contribution in [3.8, 4) is 5.75 Å². The molecule has 0 saturated carbocycles. The minimum atomic E-state index is 0.553. The Bertz CT molecular complexity index is 622. The van der Waals surface area contributed by atoms with Crippen molar-refractivity contribution in [2.45, 2.75) is 26.7 Å². The van der Waals surface area contributed by atoms with Gasteiger partial charge in [0.05, 0.1) is 12.8 Å². The van der Waals surface area contributed by atoms with Gasteiger partial charge in [0.1, 0.15) is 5.75 Å². The molecule has 1 atom stereocenters. The van der Waals surface area contributed by atoms with E-state index in [-0.39, 0.29) is 0 Å². The van der Waals surface area contributed by atoms with E-state index in [9.17, 15) is 0 Å². The highest BCUT2D eigenvalue weighted by atomic mass is 31.1. The number of rotatable bonds is 6. The van der Waals surface area contributed by atoms with Crippen molar-refractivity contribution in [2.75, 3.05) is 7.11 Å². The van der Waals surface area contributed by atoms with Crippen LogP contribution >= 0.6 is 8.58 Å². The molecular formula is C18H22NOP. The molecule has 0 radical (unpaired) electrons. The van der Waals surface area contributed by atoms with Crippen molar-refractivity contribution in [3.05, 3.63) is 48.0 Å². The molecule has 3 heteroatoms. The van der Waals surface area contributed by atoms with Crippen LogP contribution in [0, 0.1) is 6.92 Å². The fourth-order valence-electron chi connectivity index (χ4n) is 2.09. The van der Waals surface area contributed by atoms with Crippen LogP contribution in [0.1, 0.15) is 25.3 Å². The van der Waals surface area contributed by atoms with Crippen LogP contribution in [0.3, 0.4) is 0 Å². The van der Waals surface area contributed by atoms with Crippen LogP contribution in [-0.2, 0) is 0 Å². The van der Waals surface area contributed by atoms with Gasteiger partial charge in [-0.25, -0.2) is 0 Å². The summed E-state index contributed by atoms with van der Waals surface area (Å²) in [4.78, 5) is 4.62. The van der Waals surface area contributed by atoms with Gasteiger partial charge in [-0.3, -0.25) is 4.99 Å². The van der Waals surface area contributed by atoms with E-state index in [1.807, 2.05) is 24.4 Å². The Morgan fingerprint density at radius 2 is 1.95 bits per heavy atom. The SMILES string of the molecule is CCCC=Nc1ccccc1Pc1c(C)cccc1OC. The molecule has 0 aliphatic heterocycles. The number of aliphatic imine (C=N–C) groups is 1. The highest BCUT2D eigenvalue weighted by molar-refractivity contribution is 7.56. The standard InChI is InChI=1S/C18H22NOP/c1-4-5-13-19-15-10-6-7-12-17(15)21-18-14(2)9-8-11-16(18)20-3/h6-13,21H,4-5H2,1-3H3. The van der Waals surface area contributed by atoms with Crippen LogP contribution in [-0.4, -0.2) is 13.3 Å². The molecule has 0 aromatic heterocycles. The van der Waals surface area contributed by atoms with E-state index in [2.05, 4.69) is 43.1 Å². The van der Waals surface area contributed by atoms with Crippen LogP contribution in [0.4, 0.5) is 5.69 Å².